The first kappa shape index (κ1) is 13.9. The van der Waals surface area contributed by atoms with Gasteiger partial charge in [0.2, 0.25) is 5.91 Å². The van der Waals surface area contributed by atoms with Crippen molar-refractivity contribution in [2.75, 3.05) is 33.4 Å². The van der Waals surface area contributed by atoms with E-state index in [2.05, 4.69) is 5.32 Å². The van der Waals surface area contributed by atoms with Crippen LogP contribution < -0.4 is 5.32 Å². The Morgan fingerprint density at radius 1 is 1.47 bits per heavy atom. The number of hydrogen-bond acceptors (Lipinski definition) is 4. The average molecular weight is 244 g/mol. The number of hydrogen-bond donors (Lipinski definition) is 2. The van der Waals surface area contributed by atoms with Crippen molar-refractivity contribution in [2.24, 2.45) is 5.92 Å². The molecule has 2 unspecified atom stereocenters. The molecule has 0 aromatic rings. The number of amides is 1. The van der Waals surface area contributed by atoms with Crippen molar-refractivity contribution in [1.29, 1.82) is 0 Å². The third-order valence-corrected chi connectivity index (χ3v) is 3.02. The smallest absolute Gasteiger partial charge is 0.311 e. The van der Waals surface area contributed by atoms with Crippen LogP contribution >= 0.6 is 0 Å². The van der Waals surface area contributed by atoms with Gasteiger partial charge in [0.15, 0.2) is 0 Å². The van der Waals surface area contributed by atoms with E-state index in [4.69, 9.17) is 9.84 Å². The maximum absolute atomic E-state index is 11.8. The zero-order valence-corrected chi connectivity index (χ0v) is 10.3. The van der Waals surface area contributed by atoms with E-state index in [1.807, 2.05) is 6.92 Å². The normalized spacial score (nSPS) is 23.6. The van der Waals surface area contributed by atoms with Gasteiger partial charge in [-0.3, -0.25) is 9.59 Å². The second-order valence-electron chi connectivity index (χ2n) is 4.16. The largest absolute Gasteiger partial charge is 0.481 e. The van der Waals surface area contributed by atoms with E-state index in [0.717, 1.165) is 6.54 Å². The highest BCUT2D eigenvalue weighted by Crippen LogP contribution is 2.19. The van der Waals surface area contributed by atoms with Crippen LogP contribution in [-0.4, -0.2) is 61.3 Å². The van der Waals surface area contributed by atoms with Crippen molar-refractivity contribution >= 4 is 11.9 Å². The highest BCUT2D eigenvalue weighted by Gasteiger charge is 2.38. The molecule has 17 heavy (non-hydrogen) atoms. The van der Waals surface area contributed by atoms with Crippen molar-refractivity contribution in [3.63, 3.8) is 0 Å². The van der Waals surface area contributed by atoms with E-state index >= 15 is 0 Å². The summed E-state index contributed by atoms with van der Waals surface area (Å²) in [5.74, 6) is -1.56. The fourth-order valence-electron chi connectivity index (χ4n) is 1.89. The van der Waals surface area contributed by atoms with Gasteiger partial charge in [-0.25, -0.2) is 0 Å². The van der Waals surface area contributed by atoms with E-state index in [9.17, 15) is 9.59 Å². The predicted octanol–water partition coefficient (Wildman–Crippen LogP) is -0.456. The minimum atomic E-state index is -0.904. The first-order chi connectivity index (χ1) is 8.07. The number of carboxylic acid groups (broad SMARTS) is 1. The Bertz CT molecular complexity index is 283. The summed E-state index contributed by atoms with van der Waals surface area (Å²) in [5.41, 5.74) is 0. The number of carbonyl (C=O) groups excluding carboxylic acids is 1. The summed E-state index contributed by atoms with van der Waals surface area (Å²) in [4.78, 5) is 24.3. The summed E-state index contributed by atoms with van der Waals surface area (Å²) >= 11 is 0. The Kier molecular flexibility index (Phi) is 5.37. The van der Waals surface area contributed by atoms with Gasteiger partial charge in [0.05, 0.1) is 19.3 Å². The highest BCUT2D eigenvalue weighted by molar-refractivity contribution is 5.78. The molecule has 98 valence electrons. The van der Waals surface area contributed by atoms with E-state index in [-0.39, 0.29) is 18.6 Å². The SMILES string of the molecule is CCNCCC(=O)N(C)C1COCC1C(=O)O. The lowest BCUT2D eigenvalue weighted by atomic mass is 10.0. The van der Waals surface area contributed by atoms with Gasteiger partial charge < -0.3 is 20.1 Å². The van der Waals surface area contributed by atoms with Gasteiger partial charge in [-0.05, 0) is 6.54 Å². The van der Waals surface area contributed by atoms with Crippen molar-refractivity contribution in [2.45, 2.75) is 19.4 Å². The van der Waals surface area contributed by atoms with Crippen LogP contribution in [0.15, 0.2) is 0 Å². The zero-order valence-electron chi connectivity index (χ0n) is 10.3. The number of likely N-dealkylation sites (N-methyl/N-ethyl adjacent to an activating group) is 1. The Balaban J connectivity index is 2.47. The van der Waals surface area contributed by atoms with Gasteiger partial charge in [0.1, 0.15) is 5.92 Å². The Morgan fingerprint density at radius 2 is 2.18 bits per heavy atom. The average Bonchev–Trinajstić information content (AvgIpc) is 2.77. The Hall–Kier alpha value is -1.14. The molecule has 6 nitrogen and oxygen atoms in total. The van der Waals surface area contributed by atoms with Crippen molar-refractivity contribution < 1.29 is 19.4 Å². The minimum absolute atomic E-state index is 0.0484. The molecule has 6 heteroatoms. The molecule has 1 amide bonds. The number of nitrogens with zero attached hydrogens (tertiary/aromatic N) is 1. The van der Waals surface area contributed by atoms with Crippen LogP contribution in [0.3, 0.4) is 0 Å². The van der Waals surface area contributed by atoms with Crippen LogP contribution in [0.2, 0.25) is 0 Å². The summed E-state index contributed by atoms with van der Waals surface area (Å²) in [5, 5.41) is 12.1. The van der Waals surface area contributed by atoms with Crippen LogP contribution in [-0.2, 0) is 14.3 Å². The second kappa shape index (κ2) is 6.56. The number of carboxylic acids is 1. The number of aliphatic carboxylic acids is 1. The summed E-state index contributed by atoms with van der Waals surface area (Å²) in [7, 11) is 1.64. The van der Waals surface area contributed by atoms with E-state index < -0.39 is 11.9 Å². The molecule has 0 aromatic heterocycles. The lowest BCUT2D eigenvalue weighted by molar-refractivity contribution is -0.144. The van der Waals surface area contributed by atoms with Gasteiger partial charge in [-0.1, -0.05) is 6.92 Å². The monoisotopic (exact) mass is 244 g/mol. The standard InChI is InChI=1S/C11H20N2O4/c1-3-12-5-4-10(14)13(2)9-7-17-6-8(9)11(15)16/h8-9,12H,3-7H2,1-2H3,(H,15,16). The molecule has 0 aromatic carbocycles. The van der Waals surface area contributed by atoms with Crippen LogP contribution in [0.4, 0.5) is 0 Å². The number of ether oxygens (including phenoxy) is 1. The van der Waals surface area contributed by atoms with Gasteiger partial charge >= 0.3 is 5.97 Å². The maximum Gasteiger partial charge on any atom is 0.311 e. The van der Waals surface area contributed by atoms with Crippen LogP contribution in [0, 0.1) is 5.92 Å². The van der Waals surface area contributed by atoms with Crippen LogP contribution in [0.1, 0.15) is 13.3 Å². The van der Waals surface area contributed by atoms with Crippen molar-refractivity contribution in [3.8, 4) is 0 Å². The fraction of sp³-hybridized carbons (Fsp3) is 0.818. The topological polar surface area (TPSA) is 78.9 Å². The molecule has 1 aliphatic heterocycles. The molecule has 0 spiro atoms. The number of nitrogens with one attached hydrogen (secondary N) is 1. The summed E-state index contributed by atoms with van der Waals surface area (Å²) in [6.45, 7) is 3.90. The van der Waals surface area contributed by atoms with E-state index in [1.165, 1.54) is 4.90 Å². The molecular formula is C11H20N2O4. The Labute approximate surface area is 101 Å². The highest BCUT2D eigenvalue weighted by atomic mass is 16.5. The molecule has 1 heterocycles. The lowest BCUT2D eigenvalue weighted by Crippen LogP contribution is -2.44. The molecule has 1 saturated heterocycles. The third kappa shape index (κ3) is 3.67. The zero-order chi connectivity index (χ0) is 12.8. The number of carbonyl (C=O) groups is 2. The minimum Gasteiger partial charge on any atom is -0.481 e. The summed E-state index contributed by atoms with van der Waals surface area (Å²) in [6.07, 6.45) is 0.382. The van der Waals surface area contributed by atoms with E-state index in [1.54, 1.807) is 7.05 Å². The quantitative estimate of drug-likeness (QED) is 0.618. The van der Waals surface area contributed by atoms with Crippen molar-refractivity contribution in [1.82, 2.24) is 10.2 Å². The summed E-state index contributed by atoms with van der Waals surface area (Å²) in [6, 6.07) is -0.346. The van der Waals surface area contributed by atoms with E-state index in [0.29, 0.717) is 19.6 Å². The molecule has 0 aliphatic carbocycles. The van der Waals surface area contributed by atoms with Gasteiger partial charge in [0.25, 0.3) is 0 Å². The molecule has 0 bridgehead atoms. The second-order valence-corrected chi connectivity index (χ2v) is 4.16. The molecular weight excluding hydrogens is 224 g/mol. The Morgan fingerprint density at radius 3 is 2.76 bits per heavy atom. The summed E-state index contributed by atoms with van der Waals surface area (Å²) < 4.78 is 5.14. The number of rotatable bonds is 6. The molecule has 1 aliphatic rings. The van der Waals surface area contributed by atoms with Gasteiger partial charge in [0, 0.05) is 20.0 Å². The molecule has 2 atom stereocenters. The van der Waals surface area contributed by atoms with Crippen LogP contribution in [0.5, 0.6) is 0 Å². The first-order valence-electron chi connectivity index (χ1n) is 5.84. The maximum atomic E-state index is 11.8. The third-order valence-electron chi connectivity index (χ3n) is 3.02. The molecule has 0 radical (unpaired) electrons. The molecule has 2 N–H and O–H groups in total. The van der Waals surface area contributed by atoms with Crippen molar-refractivity contribution in [3.05, 3.63) is 0 Å². The first-order valence-corrected chi connectivity index (χ1v) is 5.84. The van der Waals surface area contributed by atoms with Gasteiger partial charge in [-0.2, -0.15) is 0 Å². The molecule has 0 saturated carbocycles. The van der Waals surface area contributed by atoms with Crippen LogP contribution in [0.25, 0.3) is 0 Å². The fourth-order valence-corrected chi connectivity index (χ4v) is 1.89. The molecule has 1 fully saturated rings. The lowest BCUT2D eigenvalue weighted by Gasteiger charge is -2.26. The molecule has 1 rings (SSSR count). The predicted molar refractivity (Wildman–Crippen MR) is 61.7 cm³/mol. The van der Waals surface area contributed by atoms with Gasteiger partial charge in [-0.15, -0.1) is 0 Å².